The standard InChI is InChI=1S/C10H15NO/c1-11-10(9-2-3-9)6-8-4-5-12-7-8/h4-5,7,9-11H,2-3,6H2,1H3. The summed E-state index contributed by atoms with van der Waals surface area (Å²) >= 11 is 0. The van der Waals surface area contributed by atoms with E-state index in [1.807, 2.05) is 19.4 Å². The molecule has 0 saturated heterocycles. The lowest BCUT2D eigenvalue weighted by molar-refractivity contribution is 0.495. The molecule has 0 spiro atoms. The lowest BCUT2D eigenvalue weighted by Gasteiger charge is -2.13. The van der Waals surface area contributed by atoms with Crippen LogP contribution in [0.5, 0.6) is 0 Å². The maximum Gasteiger partial charge on any atom is 0.0935 e. The third kappa shape index (κ3) is 1.69. The van der Waals surface area contributed by atoms with Crippen LogP contribution in [0.25, 0.3) is 0 Å². The molecular formula is C10H15NO. The second-order valence-corrected chi connectivity index (χ2v) is 3.57. The summed E-state index contributed by atoms with van der Waals surface area (Å²) in [5.41, 5.74) is 1.31. The third-order valence-corrected chi connectivity index (χ3v) is 2.60. The quantitative estimate of drug-likeness (QED) is 0.736. The van der Waals surface area contributed by atoms with Gasteiger partial charge in [0.15, 0.2) is 0 Å². The summed E-state index contributed by atoms with van der Waals surface area (Å²) in [7, 11) is 2.04. The zero-order valence-electron chi connectivity index (χ0n) is 7.42. The fourth-order valence-electron chi connectivity index (χ4n) is 1.67. The van der Waals surface area contributed by atoms with Crippen LogP contribution in [0, 0.1) is 5.92 Å². The molecule has 1 unspecified atom stereocenters. The molecule has 1 saturated carbocycles. The Bertz CT molecular complexity index is 226. The monoisotopic (exact) mass is 165 g/mol. The lowest BCUT2D eigenvalue weighted by atomic mass is 10.1. The van der Waals surface area contributed by atoms with E-state index in [-0.39, 0.29) is 0 Å². The molecule has 0 aromatic carbocycles. The van der Waals surface area contributed by atoms with Crippen molar-refractivity contribution in [1.29, 1.82) is 0 Å². The fraction of sp³-hybridized carbons (Fsp3) is 0.600. The van der Waals surface area contributed by atoms with Crippen LogP contribution in [0.1, 0.15) is 18.4 Å². The average molecular weight is 165 g/mol. The van der Waals surface area contributed by atoms with Crippen LogP contribution in [-0.4, -0.2) is 13.1 Å². The van der Waals surface area contributed by atoms with E-state index < -0.39 is 0 Å². The second kappa shape index (κ2) is 3.31. The summed E-state index contributed by atoms with van der Waals surface area (Å²) in [6.07, 6.45) is 7.48. The first-order chi connectivity index (χ1) is 5.90. The minimum absolute atomic E-state index is 0.655. The summed E-state index contributed by atoms with van der Waals surface area (Å²) in [6, 6.07) is 2.70. The molecule has 2 nitrogen and oxygen atoms in total. The van der Waals surface area contributed by atoms with Gasteiger partial charge in [-0.3, -0.25) is 0 Å². The minimum Gasteiger partial charge on any atom is -0.472 e. The van der Waals surface area contributed by atoms with Crippen LogP contribution in [-0.2, 0) is 6.42 Å². The van der Waals surface area contributed by atoms with Crippen LogP contribution in [0.15, 0.2) is 23.0 Å². The molecule has 1 N–H and O–H groups in total. The Kier molecular flexibility index (Phi) is 2.17. The molecule has 1 fully saturated rings. The highest BCUT2D eigenvalue weighted by Gasteiger charge is 2.29. The third-order valence-electron chi connectivity index (χ3n) is 2.60. The van der Waals surface area contributed by atoms with E-state index in [0.29, 0.717) is 6.04 Å². The van der Waals surface area contributed by atoms with Gasteiger partial charge >= 0.3 is 0 Å². The van der Waals surface area contributed by atoms with Gasteiger partial charge in [0.25, 0.3) is 0 Å². The number of hydrogen-bond acceptors (Lipinski definition) is 2. The molecule has 1 aliphatic carbocycles. The number of likely N-dealkylation sites (N-methyl/N-ethyl adjacent to an activating group) is 1. The maximum absolute atomic E-state index is 5.03. The minimum atomic E-state index is 0.655. The zero-order valence-corrected chi connectivity index (χ0v) is 7.42. The molecule has 2 heteroatoms. The molecule has 12 heavy (non-hydrogen) atoms. The molecule has 0 radical (unpaired) electrons. The van der Waals surface area contributed by atoms with Gasteiger partial charge in [-0.25, -0.2) is 0 Å². The number of nitrogens with one attached hydrogen (secondary N) is 1. The Morgan fingerprint density at radius 3 is 3.00 bits per heavy atom. The highest BCUT2D eigenvalue weighted by Crippen LogP contribution is 2.33. The van der Waals surface area contributed by atoms with Crippen molar-refractivity contribution in [3.8, 4) is 0 Å². The predicted molar refractivity (Wildman–Crippen MR) is 48.0 cm³/mol. The van der Waals surface area contributed by atoms with Crippen LogP contribution in [0.4, 0.5) is 0 Å². The van der Waals surface area contributed by atoms with E-state index >= 15 is 0 Å². The Morgan fingerprint density at radius 2 is 2.50 bits per heavy atom. The number of rotatable bonds is 4. The highest BCUT2D eigenvalue weighted by atomic mass is 16.3. The molecule has 0 bridgehead atoms. The van der Waals surface area contributed by atoms with Crippen LogP contribution in [0.3, 0.4) is 0 Å². The molecule has 66 valence electrons. The van der Waals surface area contributed by atoms with E-state index in [1.165, 1.54) is 18.4 Å². The second-order valence-electron chi connectivity index (χ2n) is 3.57. The summed E-state index contributed by atoms with van der Waals surface area (Å²) < 4.78 is 5.03. The van der Waals surface area contributed by atoms with Crippen molar-refractivity contribution >= 4 is 0 Å². The average Bonchev–Trinajstić information content (AvgIpc) is 2.80. The Morgan fingerprint density at radius 1 is 1.67 bits per heavy atom. The smallest absolute Gasteiger partial charge is 0.0935 e. The topological polar surface area (TPSA) is 25.2 Å². The van der Waals surface area contributed by atoms with Crippen molar-refractivity contribution in [2.75, 3.05) is 7.05 Å². The Balaban J connectivity index is 1.91. The molecule has 0 amide bonds. The van der Waals surface area contributed by atoms with Gasteiger partial charge < -0.3 is 9.73 Å². The maximum atomic E-state index is 5.03. The van der Waals surface area contributed by atoms with Crippen molar-refractivity contribution in [3.63, 3.8) is 0 Å². The number of hydrogen-bond donors (Lipinski definition) is 1. The summed E-state index contributed by atoms with van der Waals surface area (Å²) in [5, 5.41) is 3.36. The van der Waals surface area contributed by atoms with E-state index in [2.05, 4.69) is 5.32 Å². The molecule has 1 aromatic rings. The van der Waals surface area contributed by atoms with Crippen LogP contribution >= 0.6 is 0 Å². The first-order valence-electron chi connectivity index (χ1n) is 4.58. The summed E-state index contributed by atoms with van der Waals surface area (Å²) in [5.74, 6) is 0.907. The van der Waals surface area contributed by atoms with Gasteiger partial charge in [0, 0.05) is 6.04 Å². The highest BCUT2D eigenvalue weighted by molar-refractivity contribution is 5.08. The largest absolute Gasteiger partial charge is 0.472 e. The molecule has 2 rings (SSSR count). The van der Waals surface area contributed by atoms with Crippen molar-refractivity contribution in [2.45, 2.75) is 25.3 Å². The van der Waals surface area contributed by atoms with Gasteiger partial charge in [0.05, 0.1) is 12.5 Å². The van der Waals surface area contributed by atoms with Gasteiger partial charge in [-0.05, 0) is 43.9 Å². The summed E-state index contributed by atoms with van der Waals surface area (Å²) in [6.45, 7) is 0. The molecular weight excluding hydrogens is 150 g/mol. The number of furan rings is 1. The van der Waals surface area contributed by atoms with Crippen molar-refractivity contribution in [3.05, 3.63) is 24.2 Å². The molecule has 1 aromatic heterocycles. The Labute approximate surface area is 73.0 Å². The van der Waals surface area contributed by atoms with Gasteiger partial charge in [-0.15, -0.1) is 0 Å². The van der Waals surface area contributed by atoms with Gasteiger partial charge in [0.1, 0.15) is 0 Å². The van der Waals surface area contributed by atoms with E-state index in [0.717, 1.165) is 12.3 Å². The van der Waals surface area contributed by atoms with E-state index in [4.69, 9.17) is 4.42 Å². The van der Waals surface area contributed by atoms with Gasteiger partial charge in [0.2, 0.25) is 0 Å². The fourth-order valence-corrected chi connectivity index (χ4v) is 1.67. The van der Waals surface area contributed by atoms with Crippen LogP contribution < -0.4 is 5.32 Å². The van der Waals surface area contributed by atoms with Gasteiger partial charge in [-0.1, -0.05) is 0 Å². The molecule has 1 heterocycles. The SMILES string of the molecule is CNC(Cc1ccoc1)C1CC1. The first-order valence-corrected chi connectivity index (χ1v) is 4.58. The lowest BCUT2D eigenvalue weighted by Crippen LogP contribution is -2.29. The molecule has 1 aliphatic rings. The first kappa shape index (κ1) is 7.87. The van der Waals surface area contributed by atoms with Crippen molar-refractivity contribution in [2.24, 2.45) is 5.92 Å². The van der Waals surface area contributed by atoms with Crippen LogP contribution in [0.2, 0.25) is 0 Å². The van der Waals surface area contributed by atoms with Crippen molar-refractivity contribution in [1.82, 2.24) is 5.32 Å². The zero-order chi connectivity index (χ0) is 8.39. The molecule has 0 aliphatic heterocycles. The van der Waals surface area contributed by atoms with E-state index in [1.54, 1.807) is 6.26 Å². The van der Waals surface area contributed by atoms with E-state index in [9.17, 15) is 0 Å². The summed E-state index contributed by atoms with van der Waals surface area (Å²) in [4.78, 5) is 0. The van der Waals surface area contributed by atoms with Crippen molar-refractivity contribution < 1.29 is 4.42 Å². The molecule has 1 atom stereocenters. The van der Waals surface area contributed by atoms with Gasteiger partial charge in [-0.2, -0.15) is 0 Å². The Hall–Kier alpha value is -0.760. The normalized spacial score (nSPS) is 19.4. The predicted octanol–water partition coefficient (Wildman–Crippen LogP) is 1.82.